The predicted molar refractivity (Wildman–Crippen MR) is 109 cm³/mol. The number of carbonyl (C=O) groups excluding carboxylic acids is 1. The molecule has 0 saturated heterocycles. The summed E-state index contributed by atoms with van der Waals surface area (Å²) in [5, 5.41) is 13.4. The summed E-state index contributed by atoms with van der Waals surface area (Å²) in [5.41, 5.74) is 1.09. The maximum atomic E-state index is 12.7. The van der Waals surface area contributed by atoms with Crippen LogP contribution in [0.1, 0.15) is 12.5 Å². The highest BCUT2D eigenvalue weighted by Crippen LogP contribution is 2.29. The molecule has 0 aliphatic rings. The van der Waals surface area contributed by atoms with Crippen molar-refractivity contribution < 1.29 is 18.1 Å². The Bertz CT molecular complexity index is 1180. The average molecular weight is 429 g/mol. The molecule has 0 aliphatic heterocycles. The van der Waals surface area contributed by atoms with Crippen LogP contribution in [-0.2, 0) is 14.6 Å². The molecule has 1 amide bonds. The Morgan fingerprint density at radius 2 is 1.79 bits per heavy atom. The van der Waals surface area contributed by atoms with E-state index >= 15 is 0 Å². The quantitative estimate of drug-likeness (QED) is 0.360. The van der Waals surface area contributed by atoms with Gasteiger partial charge in [-0.25, -0.2) is 13.4 Å². The second kappa shape index (κ2) is 8.33. The molecule has 148 valence electrons. The Kier molecular flexibility index (Phi) is 5.85. The zero-order valence-electron chi connectivity index (χ0n) is 15.1. The van der Waals surface area contributed by atoms with E-state index in [4.69, 9.17) is 0 Å². The first-order valence-corrected chi connectivity index (χ1v) is 10.6. The summed E-state index contributed by atoms with van der Waals surface area (Å²) in [6, 6.07) is 13.9. The highest BCUT2D eigenvalue weighted by atomic mass is 32.2. The number of rotatable bonds is 6. The number of thiazole rings is 1. The zero-order chi connectivity index (χ0) is 21.0. The first-order valence-electron chi connectivity index (χ1n) is 8.27. The molecule has 0 bridgehead atoms. The number of nitro benzene ring substituents is 1. The van der Waals surface area contributed by atoms with Crippen LogP contribution in [0.4, 0.5) is 10.8 Å². The fourth-order valence-corrected chi connectivity index (χ4v) is 4.79. The maximum Gasteiger partial charge on any atom is 0.269 e. The third kappa shape index (κ3) is 4.73. The molecule has 1 N–H and O–H groups in total. The van der Waals surface area contributed by atoms with Crippen molar-refractivity contribution in [2.24, 2.45) is 0 Å². The van der Waals surface area contributed by atoms with Crippen LogP contribution < -0.4 is 5.32 Å². The molecule has 8 nitrogen and oxygen atoms in total. The highest BCUT2D eigenvalue weighted by Gasteiger charge is 2.22. The topological polar surface area (TPSA) is 119 Å². The number of hydrogen-bond donors (Lipinski definition) is 1. The Morgan fingerprint density at radius 3 is 2.41 bits per heavy atom. The molecule has 10 heteroatoms. The maximum absolute atomic E-state index is 12.7. The third-order valence-electron chi connectivity index (χ3n) is 3.87. The number of anilines is 1. The first-order chi connectivity index (χ1) is 13.8. The molecule has 0 saturated carbocycles. The van der Waals surface area contributed by atoms with Crippen LogP contribution in [0.5, 0.6) is 0 Å². The van der Waals surface area contributed by atoms with Gasteiger partial charge >= 0.3 is 0 Å². The van der Waals surface area contributed by atoms with Gasteiger partial charge in [-0.1, -0.05) is 41.7 Å². The monoisotopic (exact) mass is 429 g/mol. The minimum absolute atomic E-state index is 0.0775. The van der Waals surface area contributed by atoms with Crippen molar-refractivity contribution in [1.82, 2.24) is 4.98 Å². The number of aromatic nitrogens is 1. The summed E-state index contributed by atoms with van der Waals surface area (Å²) in [4.78, 5) is 26.3. The van der Waals surface area contributed by atoms with Crippen molar-refractivity contribution in [1.29, 1.82) is 0 Å². The Balaban J connectivity index is 1.77. The summed E-state index contributed by atoms with van der Waals surface area (Å²) in [6.07, 6.45) is 2.85. The lowest BCUT2D eigenvalue weighted by molar-refractivity contribution is -0.384. The van der Waals surface area contributed by atoms with Crippen molar-refractivity contribution in [2.45, 2.75) is 16.0 Å². The largest absolute Gasteiger partial charge is 0.298 e. The molecule has 0 atom stereocenters. The summed E-state index contributed by atoms with van der Waals surface area (Å²) in [5.74, 6) is -0.400. The average Bonchev–Trinajstić information content (AvgIpc) is 3.18. The number of benzene rings is 2. The van der Waals surface area contributed by atoms with Gasteiger partial charge in [0.25, 0.3) is 11.6 Å². The molecule has 0 spiro atoms. The molecule has 1 heterocycles. The molecule has 0 unspecified atom stereocenters. The number of nitrogens with one attached hydrogen (secondary N) is 1. The van der Waals surface area contributed by atoms with Crippen LogP contribution in [0, 0.1) is 10.1 Å². The highest BCUT2D eigenvalue weighted by molar-refractivity contribution is 7.93. The number of carbonyl (C=O) groups is 1. The van der Waals surface area contributed by atoms with Gasteiger partial charge in [0.15, 0.2) is 5.13 Å². The van der Waals surface area contributed by atoms with E-state index in [1.54, 1.807) is 13.0 Å². The van der Waals surface area contributed by atoms with E-state index in [1.807, 2.05) is 30.3 Å². The molecule has 3 rings (SSSR count). The van der Waals surface area contributed by atoms with Crippen LogP contribution >= 0.6 is 11.3 Å². The molecule has 2 aromatic carbocycles. The lowest BCUT2D eigenvalue weighted by atomic mass is 10.1. The van der Waals surface area contributed by atoms with Gasteiger partial charge in [0.05, 0.1) is 16.0 Å². The van der Waals surface area contributed by atoms with E-state index in [9.17, 15) is 23.3 Å². The van der Waals surface area contributed by atoms with Gasteiger partial charge in [-0.05, 0) is 30.7 Å². The van der Waals surface area contributed by atoms with Gasteiger partial charge in [-0.2, -0.15) is 0 Å². The van der Waals surface area contributed by atoms with Crippen LogP contribution in [0.25, 0.3) is 6.08 Å². The van der Waals surface area contributed by atoms with Crippen molar-refractivity contribution in [3.63, 3.8) is 0 Å². The van der Waals surface area contributed by atoms with Gasteiger partial charge in [0.2, 0.25) is 9.84 Å². The normalized spacial score (nSPS) is 11.8. The minimum atomic E-state index is -3.90. The van der Waals surface area contributed by atoms with Crippen molar-refractivity contribution in [3.8, 4) is 0 Å². The van der Waals surface area contributed by atoms with Crippen LogP contribution in [0.15, 0.2) is 75.5 Å². The van der Waals surface area contributed by atoms with E-state index in [1.165, 1.54) is 0 Å². The van der Waals surface area contributed by atoms with Crippen LogP contribution in [-0.4, -0.2) is 24.2 Å². The van der Waals surface area contributed by atoms with Crippen molar-refractivity contribution in [2.75, 3.05) is 5.32 Å². The lowest BCUT2D eigenvalue weighted by Crippen LogP contribution is -2.12. The van der Waals surface area contributed by atoms with Gasteiger partial charge in [0, 0.05) is 17.7 Å². The summed E-state index contributed by atoms with van der Waals surface area (Å²) >= 11 is 0.805. The predicted octanol–water partition coefficient (Wildman–Crippen LogP) is 3.93. The number of sulfone groups is 1. The molecule has 0 fully saturated rings. The number of non-ortho nitro benzene ring substituents is 1. The van der Waals surface area contributed by atoms with E-state index in [0.717, 1.165) is 47.4 Å². The van der Waals surface area contributed by atoms with Gasteiger partial charge in [-0.15, -0.1) is 0 Å². The molecular weight excluding hydrogens is 414 g/mol. The first kappa shape index (κ1) is 20.4. The summed E-state index contributed by atoms with van der Waals surface area (Å²) in [7, 11) is -3.90. The summed E-state index contributed by atoms with van der Waals surface area (Å²) < 4.78 is 25.3. The number of nitrogens with zero attached hydrogens (tertiary/aromatic N) is 2. The van der Waals surface area contributed by atoms with Gasteiger partial charge < -0.3 is 0 Å². The lowest BCUT2D eigenvalue weighted by Gasteiger charge is -2.02. The third-order valence-corrected chi connectivity index (χ3v) is 7.01. The second-order valence-corrected chi connectivity index (χ2v) is 9.14. The fourth-order valence-electron chi connectivity index (χ4n) is 2.37. The number of amides is 1. The van der Waals surface area contributed by atoms with E-state index in [-0.39, 0.29) is 19.9 Å². The second-order valence-electron chi connectivity index (χ2n) is 5.93. The van der Waals surface area contributed by atoms with E-state index < -0.39 is 20.7 Å². The molecule has 3 aromatic rings. The molecule has 0 radical (unpaired) electrons. The zero-order valence-corrected chi connectivity index (χ0v) is 16.7. The number of hydrogen-bond acceptors (Lipinski definition) is 7. The smallest absolute Gasteiger partial charge is 0.269 e. The number of nitro groups is 1. The van der Waals surface area contributed by atoms with Gasteiger partial charge in [-0.3, -0.25) is 20.2 Å². The Labute approximate surface area is 170 Å². The fraction of sp³-hybridized carbons (Fsp3) is 0.0526. The Morgan fingerprint density at radius 1 is 1.14 bits per heavy atom. The van der Waals surface area contributed by atoms with E-state index in [0.29, 0.717) is 5.57 Å². The summed E-state index contributed by atoms with van der Waals surface area (Å²) in [6.45, 7) is 1.64. The van der Waals surface area contributed by atoms with Crippen LogP contribution in [0.3, 0.4) is 0 Å². The van der Waals surface area contributed by atoms with Crippen LogP contribution in [0.2, 0.25) is 0 Å². The molecule has 0 aliphatic carbocycles. The van der Waals surface area contributed by atoms with Crippen molar-refractivity contribution in [3.05, 3.63) is 82.0 Å². The minimum Gasteiger partial charge on any atom is -0.298 e. The molecule has 1 aromatic heterocycles. The standard InChI is InChI=1S/C19H15N3O5S2/c1-13(11-14-5-3-2-4-6-14)18(23)21-19-20-12-17(28-19)29(26,27)16-9-7-15(8-10-16)22(24)25/h2-12H,1H3,(H,20,21,23). The molecular formula is C19H15N3O5S2. The Hall–Kier alpha value is -3.37. The SMILES string of the molecule is CC(=Cc1ccccc1)C(=O)Nc1ncc(S(=O)(=O)c2ccc([N+](=O)[O-])cc2)s1. The van der Waals surface area contributed by atoms with E-state index in [2.05, 4.69) is 10.3 Å². The van der Waals surface area contributed by atoms with Crippen molar-refractivity contribution >= 4 is 44.0 Å². The van der Waals surface area contributed by atoms with Gasteiger partial charge in [0.1, 0.15) is 4.21 Å². The molecule has 29 heavy (non-hydrogen) atoms.